The summed E-state index contributed by atoms with van der Waals surface area (Å²) in [6, 6.07) is 0. The van der Waals surface area contributed by atoms with E-state index in [-0.39, 0.29) is 6.42 Å². The summed E-state index contributed by atoms with van der Waals surface area (Å²) in [6.45, 7) is 0.958. The molecule has 1 atom stereocenters. The summed E-state index contributed by atoms with van der Waals surface area (Å²) in [6.07, 6.45) is -0.644. The Balaban J connectivity index is 3.19. The van der Waals surface area contributed by atoms with Crippen LogP contribution >= 0.6 is 0 Å². The van der Waals surface area contributed by atoms with E-state index < -0.39 is 12.8 Å². The minimum absolute atomic E-state index is 0.243. The van der Waals surface area contributed by atoms with Gasteiger partial charge >= 0.3 is 0 Å². The maximum Gasteiger partial charge on any atom is 0.116 e. The third-order valence-electron chi connectivity index (χ3n) is 0.693. The van der Waals surface area contributed by atoms with Crippen LogP contribution in [0.2, 0.25) is 0 Å². The van der Waals surface area contributed by atoms with Crippen LogP contribution in [0.1, 0.15) is 13.3 Å². The molecule has 2 heteroatoms. The van der Waals surface area contributed by atoms with Gasteiger partial charge in [0.2, 0.25) is 0 Å². The largest absolute Gasteiger partial charge is 0.389 e. The Bertz CT molecular complexity index is 101. The first-order chi connectivity index (χ1) is 3.81. The highest BCUT2D eigenvalue weighted by Crippen LogP contribution is 1.88. The van der Waals surface area contributed by atoms with Crippen molar-refractivity contribution in [3.05, 3.63) is 0 Å². The fourth-order valence-corrected chi connectivity index (χ4v) is 0.274. The number of hydrogen-bond acceptors (Lipinski definition) is 1. The van der Waals surface area contributed by atoms with E-state index >= 15 is 0 Å². The van der Waals surface area contributed by atoms with Gasteiger partial charge < -0.3 is 5.11 Å². The van der Waals surface area contributed by atoms with Gasteiger partial charge in [0.15, 0.2) is 0 Å². The molecule has 0 aromatic carbocycles. The molecule has 0 fully saturated rings. The van der Waals surface area contributed by atoms with Crippen molar-refractivity contribution in [2.24, 2.45) is 0 Å². The number of aliphatic hydroxyl groups is 1. The molecule has 0 aromatic heterocycles. The van der Waals surface area contributed by atoms with Crippen LogP contribution in [0.3, 0.4) is 0 Å². The Morgan fingerprint density at radius 2 is 2.38 bits per heavy atom. The Morgan fingerprint density at radius 3 is 2.75 bits per heavy atom. The van der Waals surface area contributed by atoms with Crippen LogP contribution in [0.15, 0.2) is 0 Å². The summed E-state index contributed by atoms with van der Waals surface area (Å²) in [5.74, 6) is 5.12. The van der Waals surface area contributed by atoms with E-state index in [2.05, 4.69) is 11.8 Å². The second-order valence-electron chi connectivity index (χ2n) is 1.44. The van der Waals surface area contributed by atoms with Crippen LogP contribution in [0.5, 0.6) is 0 Å². The van der Waals surface area contributed by atoms with Crippen LogP contribution in [-0.2, 0) is 0 Å². The first kappa shape index (κ1) is 7.45. The molecule has 0 aliphatic rings. The summed E-state index contributed by atoms with van der Waals surface area (Å²) in [7, 11) is 0. The van der Waals surface area contributed by atoms with E-state index in [0.29, 0.717) is 0 Å². The van der Waals surface area contributed by atoms with E-state index in [9.17, 15) is 4.39 Å². The third kappa shape index (κ3) is 3.63. The molecule has 0 rings (SSSR count). The molecule has 0 radical (unpaired) electrons. The van der Waals surface area contributed by atoms with Crippen LogP contribution in [0.4, 0.5) is 4.39 Å². The monoisotopic (exact) mass is 116 g/mol. The SMILES string of the molecule is CC#CCC(O)CF. The van der Waals surface area contributed by atoms with Crippen LogP contribution in [0.25, 0.3) is 0 Å². The highest BCUT2D eigenvalue weighted by Gasteiger charge is 1.96. The second kappa shape index (κ2) is 4.61. The summed E-state index contributed by atoms with van der Waals surface area (Å²) < 4.78 is 11.4. The third-order valence-corrected chi connectivity index (χ3v) is 0.693. The molecule has 0 amide bonds. The van der Waals surface area contributed by atoms with Crippen molar-refractivity contribution in [1.82, 2.24) is 0 Å². The molecule has 0 spiro atoms. The maximum absolute atomic E-state index is 11.4. The van der Waals surface area contributed by atoms with Gasteiger partial charge in [-0.15, -0.1) is 11.8 Å². The Kier molecular flexibility index (Phi) is 4.29. The normalized spacial score (nSPS) is 11.9. The van der Waals surface area contributed by atoms with Crippen molar-refractivity contribution >= 4 is 0 Å². The number of aliphatic hydroxyl groups excluding tert-OH is 1. The van der Waals surface area contributed by atoms with Gasteiger partial charge in [-0.25, -0.2) is 4.39 Å². The number of halogens is 1. The maximum atomic E-state index is 11.4. The Hall–Kier alpha value is -0.550. The van der Waals surface area contributed by atoms with Crippen LogP contribution in [-0.4, -0.2) is 17.9 Å². The minimum Gasteiger partial charge on any atom is -0.389 e. The van der Waals surface area contributed by atoms with E-state index in [0.717, 1.165) is 0 Å². The lowest BCUT2D eigenvalue weighted by atomic mass is 10.3. The molecule has 0 saturated carbocycles. The van der Waals surface area contributed by atoms with Gasteiger partial charge in [0.1, 0.15) is 6.67 Å². The van der Waals surface area contributed by atoms with E-state index in [1.54, 1.807) is 6.92 Å². The Labute approximate surface area is 48.5 Å². The molecule has 0 aliphatic carbocycles. The minimum atomic E-state index is -0.887. The zero-order chi connectivity index (χ0) is 6.41. The number of rotatable bonds is 2. The predicted molar refractivity (Wildman–Crippen MR) is 30.0 cm³/mol. The predicted octanol–water partition coefficient (Wildman–Crippen LogP) is 0.730. The zero-order valence-electron chi connectivity index (χ0n) is 4.82. The first-order valence-electron chi connectivity index (χ1n) is 2.45. The van der Waals surface area contributed by atoms with Crippen LogP contribution < -0.4 is 0 Å². The van der Waals surface area contributed by atoms with Crippen molar-refractivity contribution in [1.29, 1.82) is 0 Å². The molecule has 1 unspecified atom stereocenters. The standard InChI is InChI=1S/C6H9FO/c1-2-3-4-6(8)5-7/h6,8H,4-5H2,1H3. The van der Waals surface area contributed by atoms with Gasteiger partial charge in [0.05, 0.1) is 6.10 Å². The van der Waals surface area contributed by atoms with Gasteiger partial charge in [0, 0.05) is 6.42 Å². The smallest absolute Gasteiger partial charge is 0.116 e. The summed E-state index contributed by atoms with van der Waals surface area (Å²) in [5, 5.41) is 8.51. The molecule has 46 valence electrons. The Morgan fingerprint density at radius 1 is 1.75 bits per heavy atom. The van der Waals surface area contributed by atoms with Crippen molar-refractivity contribution < 1.29 is 9.50 Å². The van der Waals surface area contributed by atoms with Gasteiger partial charge in [-0.2, -0.15) is 0 Å². The lowest BCUT2D eigenvalue weighted by molar-refractivity contribution is 0.145. The van der Waals surface area contributed by atoms with Crippen molar-refractivity contribution in [2.45, 2.75) is 19.4 Å². The molecular formula is C6H9FO. The molecule has 0 aromatic rings. The molecule has 1 nitrogen and oxygen atoms in total. The molecule has 0 heterocycles. The summed E-state index contributed by atoms with van der Waals surface area (Å²) in [5.41, 5.74) is 0. The first-order valence-corrected chi connectivity index (χ1v) is 2.45. The number of alkyl halides is 1. The average Bonchev–Trinajstić information content (AvgIpc) is 1.83. The number of hydrogen-bond donors (Lipinski definition) is 1. The highest BCUT2D eigenvalue weighted by molar-refractivity contribution is 4.96. The molecular weight excluding hydrogens is 107 g/mol. The van der Waals surface area contributed by atoms with E-state index in [1.165, 1.54) is 0 Å². The van der Waals surface area contributed by atoms with Crippen molar-refractivity contribution in [2.75, 3.05) is 6.67 Å². The van der Waals surface area contributed by atoms with Gasteiger partial charge in [-0.3, -0.25) is 0 Å². The lowest BCUT2D eigenvalue weighted by Gasteiger charge is -1.95. The average molecular weight is 116 g/mol. The van der Waals surface area contributed by atoms with Crippen molar-refractivity contribution in [3.8, 4) is 11.8 Å². The van der Waals surface area contributed by atoms with E-state index in [4.69, 9.17) is 5.11 Å². The fraction of sp³-hybridized carbons (Fsp3) is 0.667. The second-order valence-corrected chi connectivity index (χ2v) is 1.44. The topological polar surface area (TPSA) is 20.2 Å². The zero-order valence-corrected chi connectivity index (χ0v) is 4.82. The fourth-order valence-electron chi connectivity index (χ4n) is 0.274. The van der Waals surface area contributed by atoms with E-state index in [1.807, 2.05) is 0 Å². The molecule has 1 N–H and O–H groups in total. The molecule has 0 bridgehead atoms. The van der Waals surface area contributed by atoms with Gasteiger partial charge in [0.25, 0.3) is 0 Å². The van der Waals surface area contributed by atoms with Gasteiger partial charge in [-0.05, 0) is 6.92 Å². The molecule has 0 aliphatic heterocycles. The highest BCUT2D eigenvalue weighted by atomic mass is 19.1. The van der Waals surface area contributed by atoms with Crippen molar-refractivity contribution in [3.63, 3.8) is 0 Å². The van der Waals surface area contributed by atoms with Crippen LogP contribution in [0, 0.1) is 11.8 Å². The van der Waals surface area contributed by atoms with Gasteiger partial charge in [-0.1, -0.05) is 0 Å². The summed E-state index contributed by atoms with van der Waals surface area (Å²) >= 11 is 0. The molecule has 0 saturated heterocycles. The lowest BCUT2D eigenvalue weighted by Crippen LogP contribution is -2.06. The summed E-state index contributed by atoms with van der Waals surface area (Å²) in [4.78, 5) is 0. The molecule has 8 heavy (non-hydrogen) atoms. The quantitative estimate of drug-likeness (QED) is 0.527.